The molecule has 2 aromatic heterocycles. The lowest BCUT2D eigenvalue weighted by Gasteiger charge is -2.32. The molecule has 0 saturated heterocycles. The van der Waals surface area contributed by atoms with Crippen molar-refractivity contribution in [3.05, 3.63) is 35.8 Å². The van der Waals surface area contributed by atoms with Crippen molar-refractivity contribution in [1.29, 1.82) is 0 Å². The standard InChI is InChI=1S/C19H24N6O2/c1-4-12(2)18(25-11-20-22-23-25)19(26)24-8-7-17-15(10-24)14-9-13(27-3)5-6-16(14)21-17/h5-6,9,11-12,18,21H,4,7-8,10H2,1-3H3/t12-,18-/m0/s1. The van der Waals surface area contributed by atoms with Crippen LogP contribution in [0.1, 0.15) is 37.6 Å². The minimum Gasteiger partial charge on any atom is -0.497 e. The minimum absolute atomic E-state index is 0.0690. The van der Waals surface area contributed by atoms with Gasteiger partial charge >= 0.3 is 0 Å². The lowest BCUT2D eigenvalue weighted by atomic mass is 9.96. The van der Waals surface area contributed by atoms with Crippen LogP contribution in [0.3, 0.4) is 0 Å². The summed E-state index contributed by atoms with van der Waals surface area (Å²) in [6.07, 6.45) is 3.21. The highest BCUT2D eigenvalue weighted by Crippen LogP contribution is 2.32. The summed E-state index contributed by atoms with van der Waals surface area (Å²) < 4.78 is 6.96. The van der Waals surface area contributed by atoms with Gasteiger partial charge in [0.25, 0.3) is 0 Å². The molecule has 0 radical (unpaired) electrons. The van der Waals surface area contributed by atoms with E-state index in [-0.39, 0.29) is 17.9 Å². The summed E-state index contributed by atoms with van der Waals surface area (Å²) in [4.78, 5) is 18.8. The lowest BCUT2D eigenvalue weighted by Crippen LogP contribution is -2.42. The van der Waals surface area contributed by atoms with Crippen molar-refractivity contribution in [2.45, 2.75) is 39.3 Å². The molecule has 4 rings (SSSR count). The predicted molar refractivity (Wildman–Crippen MR) is 100 cm³/mol. The average Bonchev–Trinajstić information content (AvgIpc) is 3.34. The molecule has 1 amide bonds. The number of aromatic amines is 1. The number of hydrogen-bond acceptors (Lipinski definition) is 5. The Labute approximate surface area is 157 Å². The van der Waals surface area contributed by atoms with E-state index in [4.69, 9.17) is 4.74 Å². The molecule has 0 fully saturated rings. The van der Waals surface area contributed by atoms with E-state index < -0.39 is 0 Å². The van der Waals surface area contributed by atoms with Gasteiger partial charge in [-0.3, -0.25) is 4.79 Å². The number of methoxy groups -OCH3 is 1. The van der Waals surface area contributed by atoms with Crippen LogP contribution in [0, 0.1) is 5.92 Å². The van der Waals surface area contributed by atoms with E-state index in [1.807, 2.05) is 23.1 Å². The van der Waals surface area contributed by atoms with E-state index in [0.717, 1.165) is 29.5 Å². The molecule has 1 aromatic carbocycles. The molecule has 2 atom stereocenters. The van der Waals surface area contributed by atoms with Crippen LogP contribution in [0.2, 0.25) is 0 Å². The summed E-state index contributed by atoms with van der Waals surface area (Å²) in [5, 5.41) is 12.5. The zero-order valence-corrected chi connectivity index (χ0v) is 15.8. The highest BCUT2D eigenvalue weighted by atomic mass is 16.5. The predicted octanol–water partition coefficient (Wildman–Crippen LogP) is 2.34. The second-order valence-electron chi connectivity index (χ2n) is 7.12. The van der Waals surface area contributed by atoms with Crippen LogP contribution >= 0.6 is 0 Å². The normalized spacial score (nSPS) is 16.2. The molecule has 3 aromatic rings. The van der Waals surface area contributed by atoms with Crippen molar-refractivity contribution in [2.24, 2.45) is 5.92 Å². The molecule has 0 spiro atoms. The fourth-order valence-corrected chi connectivity index (χ4v) is 3.83. The Kier molecular flexibility index (Phi) is 4.55. The van der Waals surface area contributed by atoms with E-state index in [9.17, 15) is 4.79 Å². The number of fused-ring (bicyclic) bond motifs is 3. The maximum atomic E-state index is 13.4. The maximum Gasteiger partial charge on any atom is 0.248 e. The van der Waals surface area contributed by atoms with Crippen LogP contribution in [-0.4, -0.2) is 49.7 Å². The smallest absolute Gasteiger partial charge is 0.248 e. The van der Waals surface area contributed by atoms with Gasteiger partial charge in [0.2, 0.25) is 5.91 Å². The zero-order valence-electron chi connectivity index (χ0n) is 15.8. The first-order chi connectivity index (χ1) is 13.1. The number of H-pyrrole nitrogens is 1. The van der Waals surface area contributed by atoms with Crippen molar-refractivity contribution in [1.82, 2.24) is 30.1 Å². The summed E-state index contributed by atoms with van der Waals surface area (Å²) in [7, 11) is 1.67. The third kappa shape index (κ3) is 3.05. The molecule has 0 unspecified atom stereocenters. The molecule has 0 saturated carbocycles. The Morgan fingerprint density at radius 1 is 1.41 bits per heavy atom. The van der Waals surface area contributed by atoms with Crippen LogP contribution in [0.5, 0.6) is 5.75 Å². The first-order valence-electron chi connectivity index (χ1n) is 9.31. The van der Waals surface area contributed by atoms with Crippen LogP contribution in [-0.2, 0) is 17.8 Å². The highest BCUT2D eigenvalue weighted by molar-refractivity contribution is 5.88. The van der Waals surface area contributed by atoms with Gasteiger partial charge in [-0.05, 0) is 34.5 Å². The van der Waals surface area contributed by atoms with Crippen LogP contribution in [0.25, 0.3) is 10.9 Å². The van der Waals surface area contributed by atoms with Gasteiger partial charge in [-0.1, -0.05) is 20.3 Å². The summed E-state index contributed by atoms with van der Waals surface area (Å²) in [5.74, 6) is 1.03. The molecule has 0 bridgehead atoms. The molecular formula is C19H24N6O2. The Morgan fingerprint density at radius 3 is 2.96 bits per heavy atom. The number of nitrogens with one attached hydrogen (secondary N) is 1. The fourth-order valence-electron chi connectivity index (χ4n) is 3.83. The van der Waals surface area contributed by atoms with Gasteiger partial charge in [0.05, 0.1) is 7.11 Å². The number of rotatable bonds is 5. The minimum atomic E-state index is -0.383. The first-order valence-corrected chi connectivity index (χ1v) is 9.31. The zero-order chi connectivity index (χ0) is 19.0. The largest absolute Gasteiger partial charge is 0.497 e. The van der Waals surface area contributed by atoms with Crippen molar-refractivity contribution in [3.63, 3.8) is 0 Å². The number of carbonyl (C=O) groups is 1. The SMILES string of the molecule is CC[C@H](C)[C@@H](C(=O)N1CCc2[nH]c3ccc(OC)cc3c2C1)n1cnnn1. The van der Waals surface area contributed by atoms with E-state index in [0.29, 0.717) is 13.1 Å². The van der Waals surface area contributed by atoms with E-state index >= 15 is 0 Å². The number of hydrogen-bond donors (Lipinski definition) is 1. The first kappa shape index (κ1) is 17.5. The summed E-state index contributed by atoms with van der Waals surface area (Å²) in [6, 6.07) is 5.63. The molecule has 0 aliphatic carbocycles. The van der Waals surface area contributed by atoms with Crippen molar-refractivity contribution >= 4 is 16.8 Å². The Hall–Kier alpha value is -2.90. The van der Waals surface area contributed by atoms with Gasteiger partial charge < -0.3 is 14.6 Å². The third-order valence-corrected chi connectivity index (χ3v) is 5.58. The van der Waals surface area contributed by atoms with Crippen molar-refractivity contribution < 1.29 is 9.53 Å². The number of amides is 1. The molecule has 1 N–H and O–H groups in total. The lowest BCUT2D eigenvalue weighted by molar-refractivity contribution is -0.137. The monoisotopic (exact) mass is 368 g/mol. The number of nitrogens with zero attached hydrogens (tertiary/aromatic N) is 5. The number of benzene rings is 1. The quantitative estimate of drug-likeness (QED) is 0.747. The third-order valence-electron chi connectivity index (χ3n) is 5.58. The van der Waals surface area contributed by atoms with E-state index in [1.54, 1.807) is 11.8 Å². The molecule has 1 aliphatic heterocycles. The van der Waals surface area contributed by atoms with Gasteiger partial charge in [-0.15, -0.1) is 5.10 Å². The second kappa shape index (κ2) is 7.02. The van der Waals surface area contributed by atoms with E-state index in [2.05, 4.69) is 34.4 Å². The number of carbonyl (C=O) groups excluding carboxylic acids is 1. The molecule has 142 valence electrons. The van der Waals surface area contributed by atoms with Gasteiger partial charge in [0, 0.05) is 41.7 Å². The number of tetrazole rings is 1. The van der Waals surface area contributed by atoms with Crippen LogP contribution < -0.4 is 4.74 Å². The molecule has 3 heterocycles. The Balaban J connectivity index is 1.65. The molecule has 1 aliphatic rings. The van der Waals surface area contributed by atoms with Crippen molar-refractivity contribution in [3.8, 4) is 5.75 Å². The summed E-state index contributed by atoms with van der Waals surface area (Å²) >= 11 is 0. The van der Waals surface area contributed by atoms with Crippen LogP contribution in [0.15, 0.2) is 24.5 Å². The Morgan fingerprint density at radius 2 is 2.26 bits per heavy atom. The summed E-state index contributed by atoms with van der Waals surface area (Å²) in [6.45, 7) is 5.41. The van der Waals surface area contributed by atoms with Crippen molar-refractivity contribution in [2.75, 3.05) is 13.7 Å². The second-order valence-corrected chi connectivity index (χ2v) is 7.12. The maximum absolute atomic E-state index is 13.4. The summed E-state index contributed by atoms with van der Waals surface area (Å²) in [5.41, 5.74) is 3.45. The van der Waals surface area contributed by atoms with Gasteiger partial charge in [0.15, 0.2) is 0 Å². The fraction of sp³-hybridized carbons (Fsp3) is 0.474. The van der Waals surface area contributed by atoms with Crippen LogP contribution in [0.4, 0.5) is 0 Å². The molecule has 27 heavy (non-hydrogen) atoms. The molecular weight excluding hydrogens is 344 g/mol. The Bertz CT molecular complexity index is 949. The molecule has 8 heteroatoms. The number of ether oxygens (including phenoxy) is 1. The van der Waals surface area contributed by atoms with Gasteiger partial charge in [0.1, 0.15) is 18.1 Å². The number of aromatic nitrogens is 5. The van der Waals surface area contributed by atoms with Gasteiger partial charge in [-0.2, -0.15) is 0 Å². The van der Waals surface area contributed by atoms with Gasteiger partial charge in [-0.25, -0.2) is 4.68 Å². The molecule has 8 nitrogen and oxygen atoms in total. The average molecular weight is 368 g/mol. The van der Waals surface area contributed by atoms with E-state index in [1.165, 1.54) is 17.6 Å². The highest BCUT2D eigenvalue weighted by Gasteiger charge is 2.33. The topological polar surface area (TPSA) is 88.9 Å².